The van der Waals surface area contributed by atoms with E-state index in [1.54, 1.807) is 12.3 Å². The molecule has 0 aliphatic carbocycles. The lowest BCUT2D eigenvalue weighted by Crippen LogP contribution is -2.38. The quantitative estimate of drug-likeness (QED) is 0.612. The van der Waals surface area contributed by atoms with Crippen LogP contribution in [0.1, 0.15) is 18.4 Å². The molecule has 1 aliphatic rings. The highest BCUT2D eigenvalue weighted by Crippen LogP contribution is 2.24. The molecule has 5 nitrogen and oxygen atoms in total. The molecule has 5 heteroatoms. The summed E-state index contributed by atoms with van der Waals surface area (Å²) < 4.78 is 0. The van der Waals surface area contributed by atoms with E-state index in [4.69, 9.17) is 11.1 Å². The van der Waals surface area contributed by atoms with Gasteiger partial charge < -0.3 is 15.5 Å². The lowest BCUT2D eigenvalue weighted by Gasteiger charge is -2.28. The Kier molecular flexibility index (Phi) is 3.81. The van der Waals surface area contributed by atoms with Gasteiger partial charge in [0.25, 0.3) is 0 Å². The number of nitrogens with zero attached hydrogens (tertiary/aromatic N) is 3. The zero-order valence-corrected chi connectivity index (χ0v) is 11.1. The maximum absolute atomic E-state index is 7.49. The van der Waals surface area contributed by atoms with E-state index in [0.29, 0.717) is 6.04 Å². The highest BCUT2D eigenvalue weighted by atomic mass is 15.3. The number of nitrogen functional groups attached to an aromatic ring is 1. The van der Waals surface area contributed by atoms with Crippen molar-refractivity contribution >= 4 is 11.7 Å². The predicted octanol–water partition coefficient (Wildman–Crippen LogP) is 0.896. The van der Waals surface area contributed by atoms with Crippen LogP contribution in [-0.4, -0.2) is 48.9 Å². The molecule has 1 unspecified atom stereocenters. The van der Waals surface area contributed by atoms with Crippen molar-refractivity contribution in [2.75, 3.05) is 32.1 Å². The predicted molar refractivity (Wildman–Crippen MR) is 74.2 cm³/mol. The number of pyridine rings is 1. The summed E-state index contributed by atoms with van der Waals surface area (Å²) in [4.78, 5) is 8.95. The van der Waals surface area contributed by atoms with Crippen molar-refractivity contribution in [1.29, 1.82) is 5.41 Å². The van der Waals surface area contributed by atoms with E-state index >= 15 is 0 Å². The van der Waals surface area contributed by atoms with E-state index in [1.165, 1.54) is 12.8 Å². The van der Waals surface area contributed by atoms with Crippen LogP contribution in [0.25, 0.3) is 0 Å². The molecule has 0 spiro atoms. The molecule has 0 radical (unpaired) electrons. The van der Waals surface area contributed by atoms with Crippen molar-refractivity contribution in [3.8, 4) is 0 Å². The molecule has 18 heavy (non-hydrogen) atoms. The maximum atomic E-state index is 7.49. The first-order chi connectivity index (χ1) is 8.58. The van der Waals surface area contributed by atoms with E-state index in [2.05, 4.69) is 28.9 Å². The Morgan fingerprint density at radius 1 is 1.61 bits per heavy atom. The highest BCUT2D eigenvalue weighted by molar-refractivity contribution is 5.95. The molecule has 1 fully saturated rings. The molecule has 0 bridgehead atoms. The first-order valence-electron chi connectivity index (χ1n) is 6.30. The number of hydrogen-bond acceptors (Lipinski definition) is 4. The van der Waals surface area contributed by atoms with Crippen LogP contribution in [0, 0.1) is 5.41 Å². The van der Waals surface area contributed by atoms with Crippen molar-refractivity contribution in [2.24, 2.45) is 5.73 Å². The Hall–Kier alpha value is -1.62. The number of likely N-dealkylation sites (N-methyl/N-ethyl adjacent to an activating group) is 1. The third-order valence-corrected chi connectivity index (χ3v) is 3.30. The monoisotopic (exact) mass is 247 g/mol. The van der Waals surface area contributed by atoms with Gasteiger partial charge in [0.1, 0.15) is 11.7 Å². The molecule has 2 rings (SSSR count). The molecule has 98 valence electrons. The number of rotatable bonds is 4. The molecule has 3 N–H and O–H groups in total. The molecule has 1 aromatic heterocycles. The van der Waals surface area contributed by atoms with E-state index in [9.17, 15) is 0 Å². The Morgan fingerprint density at radius 3 is 3.06 bits per heavy atom. The normalized spacial score (nSPS) is 19.5. The standard InChI is InChI=1S/C13H21N5/c1-17(2)9-11-4-3-7-18(11)12-8-10(13(14)15)5-6-16-12/h5-6,8,11H,3-4,7,9H2,1-2H3,(H3,14,15). The molecule has 1 aliphatic heterocycles. The summed E-state index contributed by atoms with van der Waals surface area (Å²) in [6, 6.07) is 4.20. The average molecular weight is 247 g/mol. The third-order valence-electron chi connectivity index (χ3n) is 3.30. The van der Waals surface area contributed by atoms with Gasteiger partial charge in [-0.1, -0.05) is 0 Å². The fourth-order valence-electron chi connectivity index (χ4n) is 2.49. The van der Waals surface area contributed by atoms with Crippen molar-refractivity contribution in [2.45, 2.75) is 18.9 Å². The van der Waals surface area contributed by atoms with Gasteiger partial charge in [-0.25, -0.2) is 4.98 Å². The number of aromatic nitrogens is 1. The minimum atomic E-state index is 0.0991. The van der Waals surface area contributed by atoms with E-state index in [-0.39, 0.29) is 5.84 Å². The van der Waals surface area contributed by atoms with Crippen LogP contribution in [0.2, 0.25) is 0 Å². The smallest absolute Gasteiger partial charge is 0.129 e. The van der Waals surface area contributed by atoms with Crippen LogP contribution in [0.5, 0.6) is 0 Å². The second-order valence-electron chi connectivity index (χ2n) is 5.07. The Bertz CT molecular complexity index is 429. The van der Waals surface area contributed by atoms with Gasteiger partial charge in [0, 0.05) is 30.9 Å². The van der Waals surface area contributed by atoms with Gasteiger partial charge in [0.2, 0.25) is 0 Å². The van der Waals surface area contributed by atoms with Gasteiger partial charge >= 0.3 is 0 Å². The van der Waals surface area contributed by atoms with Gasteiger partial charge in [-0.15, -0.1) is 0 Å². The lowest BCUT2D eigenvalue weighted by atomic mass is 10.2. The molecule has 0 aromatic carbocycles. The Morgan fingerprint density at radius 2 is 2.39 bits per heavy atom. The van der Waals surface area contributed by atoms with Crippen molar-refractivity contribution < 1.29 is 0 Å². The van der Waals surface area contributed by atoms with Gasteiger partial charge in [0.05, 0.1) is 0 Å². The number of amidine groups is 1. The molecular weight excluding hydrogens is 226 g/mol. The number of anilines is 1. The molecule has 2 heterocycles. The number of nitrogens with one attached hydrogen (secondary N) is 1. The summed E-state index contributed by atoms with van der Waals surface area (Å²) in [6.45, 7) is 2.07. The van der Waals surface area contributed by atoms with E-state index in [1.807, 2.05) is 6.07 Å². The van der Waals surface area contributed by atoms with Crippen molar-refractivity contribution in [3.05, 3.63) is 23.9 Å². The fraction of sp³-hybridized carbons (Fsp3) is 0.538. The molecule has 1 atom stereocenters. The lowest BCUT2D eigenvalue weighted by molar-refractivity contribution is 0.371. The van der Waals surface area contributed by atoms with Gasteiger partial charge in [-0.3, -0.25) is 5.41 Å². The SMILES string of the molecule is CN(C)CC1CCCN1c1cc(C(=N)N)ccn1. The van der Waals surface area contributed by atoms with Crippen molar-refractivity contribution in [1.82, 2.24) is 9.88 Å². The van der Waals surface area contributed by atoms with Gasteiger partial charge in [-0.05, 0) is 39.1 Å². The number of nitrogens with two attached hydrogens (primary N) is 1. The van der Waals surface area contributed by atoms with Gasteiger partial charge in [-0.2, -0.15) is 0 Å². The Labute approximate surface area is 108 Å². The van der Waals surface area contributed by atoms with E-state index < -0.39 is 0 Å². The second-order valence-corrected chi connectivity index (χ2v) is 5.07. The van der Waals surface area contributed by atoms with E-state index in [0.717, 1.165) is 24.5 Å². The van der Waals surface area contributed by atoms with Crippen molar-refractivity contribution in [3.63, 3.8) is 0 Å². The zero-order chi connectivity index (χ0) is 13.1. The minimum absolute atomic E-state index is 0.0991. The maximum Gasteiger partial charge on any atom is 0.129 e. The van der Waals surface area contributed by atoms with Crippen LogP contribution in [0.3, 0.4) is 0 Å². The summed E-state index contributed by atoms with van der Waals surface area (Å²) in [7, 11) is 4.19. The highest BCUT2D eigenvalue weighted by Gasteiger charge is 2.26. The van der Waals surface area contributed by atoms with Crippen LogP contribution < -0.4 is 10.6 Å². The van der Waals surface area contributed by atoms with Crippen LogP contribution >= 0.6 is 0 Å². The summed E-state index contributed by atoms with van der Waals surface area (Å²) in [5, 5.41) is 7.49. The van der Waals surface area contributed by atoms with Crippen LogP contribution in [0.15, 0.2) is 18.3 Å². The second kappa shape index (κ2) is 5.35. The first kappa shape index (κ1) is 12.8. The third kappa shape index (κ3) is 2.79. The molecule has 0 saturated carbocycles. The average Bonchev–Trinajstić information content (AvgIpc) is 2.76. The summed E-state index contributed by atoms with van der Waals surface area (Å²) in [5.74, 6) is 1.04. The topological polar surface area (TPSA) is 69.2 Å². The van der Waals surface area contributed by atoms with Gasteiger partial charge in [0.15, 0.2) is 0 Å². The molecule has 1 aromatic rings. The zero-order valence-electron chi connectivity index (χ0n) is 11.1. The molecular formula is C13H21N5. The largest absolute Gasteiger partial charge is 0.384 e. The summed E-state index contributed by atoms with van der Waals surface area (Å²) in [6.07, 6.45) is 4.13. The molecule has 1 saturated heterocycles. The fourth-order valence-corrected chi connectivity index (χ4v) is 2.49. The van der Waals surface area contributed by atoms with Crippen LogP contribution in [-0.2, 0) is 0 Å². The number of hydrogen-bond donors (Lipinski definition) is 2. The summed E-state index contributed by atoms with van der Waals surface area (Å²) in [5.41, 5.74) is 6.27. The minimum Gasteiger partial charge on any atom is -0.384 e. The first-order valence-corrected chi connectivity index (χ1v) is 6.30. The summed E-state index contributed by atoms with van der Waals surface area (Å²) >= 11 is 0. The van der Waals surface area contributed by atoms with Crippen LogP contribution in [0.4, 0.5) is 5.82 Å². The Balaban J connectivity index is 2.19. The molecule has 0 amide bonds.